The number of pyridine rings is 1. The van der Waals surface area contributed by atoms with Gasteiger partial charge in [0.05, 0.1) is 0 Å². The van der Waals surface area contributed by atoms with Crippen LogP contribution in [0, 0.1) is 6.92 Å². The van der Waals surface area contributed by atoms with E-state index in [2.05, 4.69) is 5.32 Å². The van der Waals surface area contributed by atoms with Crippen molar-refractivity contribution in [1.82, 2.24) is 9.38 Å². The van der Waals surface area contributed by atoms with Gasteiger partial charge in [-0.3, -0.25) is 9.20 Å². The van der Waals surface area contributed by atoms with Crippen LogP contribution in [-0.4, -0.2) is 28.0 Å². The van der Waals surface area contributed by atoms with Gasteiger partial charge in [-0.05, 0) is 36.8 Å². The van der Waals surface area contributed by atoms with Crippen molar-refractivity contribution in [2.45, 2.75) is 13.0 Å². The summed E-state index contributed by atoms with van der Waals surface area (Å²) in [6.07, 6.45) is 1.16. The molecule has 6 heteroatoms. The quantitative estimate of drug-likeness (QED) is 0.577. The number of imidazole rings is 1. The standard InChI is InChI=1S/C23H19N3O3/c1-15-11-12-26-20(13-15)24-21(16-7-3-2-4-8-16)22(26)25-23(27)19-14-28-17-9-5-6-10-18(17)29-19/h2-13,19H,14H2,1H3,(H,25,27)/t19-/m1/s1. The third kappa shape index (κ3) is 3.18. The topological polar surface area (TPSA) is 64.9 Å². The van der Waals surface area contributed by atoms with E-state index in [0.717, 1.165) is 16.8 Å². The molecule has 6 nitrogen and oxygen atoms in total. The smallest absolute Gasteiger partial charge is 0.270 e. The molecule has 0 spiro atoms. The Morgan fingerprint density at radius 1 is 1.07 bits per heavy atom. The first-order valence-corrected chi connectivity index (χ1v) is 9.42. The van der Waals surface area contributed by atoms with Crippen LogP contribution in [0.2, 0.25) is 0 Å². The third-order valence-corrected chi connectivity index (χ3v) is 4.87. The number of hydrogen-bond donors (Lipinski definition) is 1. The van der Waals surface area contributed by atoms with Crippen molar-refractivity contribution in [2.24, 2.45) is 0 Å². The molecule has 0 bridgehead atoms. The van der Waals surface area contributed by atoms with Gasteiger partial charge in [0.25, 0.3) is 5.91 Å². The van der Waals surface area contributed by atoms with Crippen molar-refractivity contribution in [2.75, 3.05) is 11.9 Å². The van der Waals surface area contributed by atoms with Crippen LogP contribution in [0.1, 0.15) is 5.56 Å². The third-order valence-electron chi connectivity index (χ3n) is 4.87. The number of carbonyl (C=O) groups is 1. The number of fused-ring (bicyclic) bond motifs is 2. The van der Waals surface area contributed by atoms with Crippen LogP contribution in [-0.2, 0) is 4.79 Å². The highest BCUT2D eigenvalue weighted by Crippen LogP contribution is 2.32. The summed E-state index contributed by atoms with van der Waals surface area (Å²) in [6.45, 7) is 2.17. The highest BCUT2D eigenvalue weighted by atomic mass is 16.6. The summed E-state index contributed by atoms with van der Waals surface area (Å²) >= 11 is 0. The van der Waals surface area contributed by atoms with Gasteiger partial charge in [-0.25, -0.2) is 4.98 Å². The molecular weight excluding hydrogens is 366 g/mol. The van der Waals surface area contributed by atoms with E-state index in [9.17, 15) is 4.79 Å². The Kier molecular flexibility index (Phi) is 4.17. The maximum Gasteiger partial charge on any atom is 0.270 e. The van der Waals surface area contributed by atoms with Gasteiger partial charge in [0, 0.05) is 11.8 Å². The Bertz CT molecular complexity index is 1200. The minimum Gasteiger partial charge on any atom is -0.485 e. The van der Waals surface area contributed by atoms with Gasteiger partial charge in [-0.15, -0.1) is 0 Å². The van der Waals surface area contributed by atoms with E-state index in [1.165, 1.54) is 0 Å². The molecule has 0 saturated carbocycles. The fourth-order valence-corrected chi connectivity index (χ4v) is 3.41. The van der Waals surface area contributed by atoms with E-state index in [-0.39, 0.29) is 12.5 Å². The zero-order valence-corrected chi connectivity index (χ0v) is 15.8. The van der Waals surface area contributed by atoms with Gasteiger partial charge in [-0.1, -0.05) is 42.5 Å². The number of nitrogens with zero attached hydrogens (tertiary/aromatic N) is 2. The molecule has 1 aliphatic rings. The second-order valence-electron chi connectivity index (χ2n) is 6.96. The van der Waals surface area contributed by atoms with Gasteiger partial charge in [0.1, 0.15) is 23.8 Å². The Labute approximate surface area is 167 Å². The monoisotopic (exact) mass is 385 g/mol. The summed E-state index contributed by atoms with van der Waals surface area (Å²) in [5.41, 5.74) is 3.50. The minimum atomic E-state index is -0.746. The molecule has 1 N–H and O–H groups in total. The average molecular weight is 385 g/mol. The van der Waals surface area contributed by atoms with Crippen molar-refractivity contribution in [3.8, 4) is 22.8 Å². The lowest BCUT2D eigenvalue weighted by atomic mass is 10.1. The highest BCUT2D eigenvalue weighted by Gasteiger charge is 2.29. The molecular formula is C23H19N3O3. The van der Waals surface area contributed by atoms with Gasteiger partial charge >= 0.3 is 0 Å². The largest absolute Gasteiger partial charge is 0.485 e. The predicted molar refractivity (Wildman–Crippen MR) is 110 cm³/mol. The SMILES string of the molecule is Cc1ccn2c(NC(=O)[C@H]3COc4ccccc4O3)c(-c3ccccc3)nc2c1. The molecule has 3 heterocycles. The predicted octanol–water partition coefficient (Wildman–Crippen LogP) is 4.09. The number of nitrogens with one attached hydrogen (secondary N) is 1. The maximum atomic E-state index is 13.0. The van der Waals surface area contributed by atoms with Crippen molar-refractivity contribution >= 4 is 17.4 Å². The summed E-state index contributed by atoms with van der Waals surface area (Å²) in [5, 5.41) is 3.01. The van der Waals surface area contributed by atoms with E-state index in [0.29, 0.717) is 23.0 Å². The first kappa shape index (κ1) is 17.3. The van der Waals surface area contributed by atoms with Crippen LogP contribution >= 0.6 is 0 Å². The number of aryl methyl sites for hydroxylation is 1. The van der Waals surface area contributed by atoms with Crippen LogP contribution < -0.4 is 14.8 Å². The maximum absolute atomic E-state index is 13.0. The second kappa shape index (κ2) is 6.98. The van der Waals surface area contributed by atoms with Crippen LogP contribution in [0.25, 0.3) is 16.9 Å². The molecule has 0 aliphatic carbocycles. The number of aromatic nitrogens is 2. The number of carbonyl (C=O) groups excluding carboxylic acids is 1. The van der Waals surface area contributed by atoms with E-state index < -0.39 is 6.10 Å². The molecule has 29 heavy (non-hydrogen) atoms. The fourth-order valence-electron chi connectivity index (χ4n) is 3.41. The lowest BCUT2D eigenvalue weighted by molar-refractivity contribution is -0.125. The van der Waals surface area contributed by atoms with Gasteiger partial charge in [-0.2, -0.15) is 0 Å². The van der Waals surface area contributed by atoms with Crippen molar-refractivity contribution in [3.63, 3.8) is 0 Å². The molecule has 1 aliphatic heterocycles. The molecule has 4 aromatic rings. The Balaban J connectivity index is 1.50. The number of amides is 1. The molecule has 2 aromatic carbocycles. The van der Waals surface area contributed by atoms with Gasteiger partial charge in [0.15, 0.2) is 11.5 Å². The summed E-state index contributed by atoms with van der Waals surface area (Å²) in [4.78, 5) is 17.8. The summed E-state index contributed by atoms with van der Waals surface area (Å²) in [7, 11) is 0. The number of anilines is 1. The first-order valence-electron chi connectivity index (χ1n) is 9.42. The molecule has 0 fully saturated rings. The molecule has 1 amide bonds. The second-order valence-corrected chi connectivity index (χ2v) is 6.96. The summed E-state index contributed by atoms with van der Waals surface area (Å²) in [6, 6.07) is 21.1. The van der Waals surface area contributed by atoms with E-state index >= 15 is 0 Å². The molecule has 5 rings (SSSR count). The van der Waals surface area contributed by atoms with Crippen LogP contribution in [0.5, 0.6) is 11.5 Å². The van der Waals surface area contributed by atoms with E-state index in [1.807, 2.05) is 78.2 Å². The fraction of sp³-hybridized carbons (Fsp3) is 0.130. The van der Waals surface area contributed by atoms with Crippen molar-refractivity contribution in [3.05, 3.63) is 78.5 Å². The molecule has 2 aromatic heterocycles. The van der Waals surface area contributed by atoms with Gasteiger partial charge in [0.2, 0.25) is 6.10 Å². The van der Waals surface area contributed by atoms with E-state index in [4.69, 9.17) is 14.5 Å². The zero-order chi connectivity index (χ0) is 19.8. The molecule has 0 radical (unpaired) electrons. The average Bonchev–Trinajstić information content (AvgIpc) is 3.11. The summed E-state index contributed by atoms with van der Waals surface area (Å²) < 4.78 is 13.4. The van der Waals surface area contributed by atoms with Crippen molar-refractivity contribution < 1.29 is 14.3 Å². The Morgan fingerprint density at radius 3 is 2.66 bits per heavy atom. The lowest BCUT2D eigenvalue weighted by Gasteiger charge is -2.25. The van der Waals surface area contributed by atoms with Crippen molar-refractivity contribution in [1.29, 1.82) is 0 Å². The number of rotatable bonds is 3. The first-order chi connectivity index (χ1) is 14.2. The zero-order valence-electron chi connectivity index (χ0n) is 15.8. The molecule has 0 saturated heterocycles. The molecule has 144 valence electrons. The number of benzene rings is 2. The Morgan fingerprint density at radius 2 is 1.83 bits per heavy atom. The molecule has 1 atom stereocenters. The molecule has 0 unspecified atom stereocenters. The van der Waals surface area contributed by atoms with Crippen LogP contribution in [0.3, 0.4) is 0 Å². The van der Waals surface area contributed by atoms with Gasteiger partial charge < -0.3 is 14.8 Å². The number of ether oxygens (including phenoxy) is 2. The number of para-hydroxylation sites is 2. The lowest BCUT2D eigenvalue weighted by Crippen LogP contribution is -2.40. The highest BCUT2D eigenvalue weighted by molar-refractivity contribution is 5.97. The Hall–Kier alpha value is -3.80. The van der Waals surface area contributed by atoms with E-state index in [1.54, 1.807) is 6.07 Å². The minimum absolute atomic E-state index is 0.152. The summed E-state index contributed by atoms with van der Waals surface area (Å²) in [5.74, 6) is 1.54. The normalized spacial score (nSPS) is 15.3. The number of hydrogen-bond acceptors (Lipinski definition) is 4. The van der Waals surface area contributed by atoms with Crippen LogP contribution in [0.4, 0.5) is 5.82 Å². The van der Waals surface area contributed by atoms with Crippen LogP contribution in [0.15, 0.2) is 72.9 Å².